The third-order valence-corrected chi connectivity index (χ3v) is 2.19. The maximum Gasteiger partial charge on any atom is 0.0950 e. The topological polar surface area (TPSA) is 34.4 Å². The molecular weight excluding hydrogens is 190 g/mol. The summed E-state index contributed by atoms with van der Waals surface area (Å²) in [5, 5.41) is 3.37. The number of hydrogen-bond donors (Lipinski definition) is 1. The van der Waals surface area contributed by atoms with E-state index in [9.17, 15) is 0 Å². The van der Waals surface area contributed by atoms with Crippen molar-refractivity contribution in [3.8, 4) is 0 Å². The van der Waals surface area contributed by atoms with E-state index in [4.69, 9.17) is 9.15 Å². The van der Waals surface area contributed by atoms with E-state index in [1.165, 1.54) is 5.56 Å². The lowest BCUT2D eigenvalue weighted by molar-refractivity contribution is 0.110. The molecule has 0 amide bonds. The van der Waals surface area contributed by atoms with Crippen LogP contribution in [0.1, 0.15) is 32.4 Å². The summed E-state index contributed by atoms with van der Waals surface area (Å²) in [6, 6.07) is 2.30. The lowest BCUT2D eigenvalue weighted by Crippen LogP contribution is -2.23. The first-order chi connectivity index (χ1) is 7.20. The van der Waals surface area contributed by atoms with E-state index in [1.54, 1.807) is 12.5 Å². The van der Waals surface area contributed by atoms with Crippen LogP contribution in [0.25, 0.3) is 0 Å². The minimum absolute atomic E-state index is 0.325. The zero-order chi connectivity index (χ0) is 11.1. The zero-order valence-corrected chi connectivity index (χ0v) is 9.82. The molecule has 0 bridgehead atoms. The molecule has 0 aliphatic carbocycles. The van der Waals surface area contributed by atoms with Crippen molar-refractivity contribution in [2.45, 2.75) is 26.8 Å². The first kappa shape index (κ1) is 12.3. The zero-order valence-electron chi connectivity index (χ0n) is 9.82. The molecule has 0 saturated carbocycles. The van der Waals surface area contributed by atoms with E-state index >= 15 is 0 Å². The van der Waals surface area contributed by atoms with Crippen molar-refractivity contribution in [3.63, 3.8) is 0 Å². The van der Waals surface area contributed by atoms with Gasteiger partial charge in [-0.05, 0) is 18.9 Å². The Labute approximate surface area is 91.8 Å². The lowest BCUT2D eigenvalue weighted by atomic mass is 10.2. The molecule has 0 aliphatic heterocycles. The molecule has 0 aromatic carbocycles. The van der Waals surface area contributed by atoms with Crippen molar-refractivity contribution in [2.75, 3.05) is 19.8 Å². The minimum atomic E-state index is 0.325. The number of hydrogen-bond acceptors (Lipinski definition) is 3. The van der Waals surface area contributed by atoms with Crippen molar-refractivity contribution < 1.29 is 9.15 Å². The van der Waals surface area contributed by atoms with Crippen LogP contribution in [-0.2, 0) is 4.74 Å². The summed E-state index contributed by atoms with van der Waals surface area (Å²) >= 11 is 0. The summed E-state index contributed by atoms with van der Waals surface area (Å²) in [7, 11) is 0. The second-order valence-corrected chi connectivity index (χ2v) is 4.20. The predicted molar refractivity (Wildman–Crippen MR) is 60.8 cm³/mol. The highest BCUT2D eigenvalue weighted by Crippen LogP contribution is 2.11. The highest BCUT2D eigenvalue weighted by atomic mass is 16.5. The SMILES string of the molecule is CC(C)COCCNC(C)c1ccoc1. The van der Waals surface area contributed by atoms with E-state index in [-0.39, 0.29) is 0 Å². The normalized spacial score (nSPS) is 13.3. The molecule has 0 spiro atoms. The van der Waals surface area contributed by atoms with Crippen molar-refractivity contribution >= 4 is 0 Å². The van der Waals surface area contributed by atoms with Crippen LogP contribution in [0.4, 0.5) is 0 Å². The van der Waals surface area contributed by atoms with E-state index in [1.807, 2.05) is 6.07 Å². The molecular formula is C12H21NO2. The van der Waals surface area contributed by atoms with Gasteiger partial charge in [0.1, 0.15) is 0 Å². The highest BCUT2D eigenvalue weighted by molar-refractivity contribution is 5.09. The average molecular weight is 211 g/mol. The number of ether oxygens (including phenoxy) is 1. The Morgan fingerprint density at radius 3 is 2.80 bits per heavy atom. The van der Waals surface area contributed by atoms with Gasteiger partial charge in [-0.2, -0.15) is 0 Å². The van der Waals surface area contributed by atoms with Gasteiger partial charge in [0, 0.05) is 24.8 Å². The first-order valence-electron chi connectivity index (χ1n) is 5.53. The van der Waals surface area contributed by atoms with Crippen molar-refractivity contribution in [1.82, 2.24) is 5.32 Å². The summed E-state index contributed by atoms with van der Waals surface area (Å²) in [5.41, 5.74) is 1.18. The molecule has 0 aliphatic rings. The average Bonchev–Trinajstić information content (AvgIpc) is 2.69. The van der Waals surface area contributed by atoms with Gasteiger partial charge in [-0.3, -0.25) is 0 Å². The van der Waals surface area contributed by atoms with Crippen LogP contribution in [0, 0.1) is 5.92 Å². The third-order valence-electron chi connectivity index (χ3n) is 2.19. The lowest BCUT2D eigenvalue weighted by Gasteiger charge is -2.12. The van der Waals surface area contributed by atoms with Gasteiger partial charge < -0.3 is 14.5 Å². The molecule has 1 aromatic heterocycles. The highest BCUT2D eigenvalue weighted by Gasteiger charge is 2.04. The van der Waals surface area contributed by atoms with Crippen LogP contribution < -0.4 is 5.32 Å². The summed E-state index contributed by atoms with van der Waals surface area (Å²) in [5.74, 6) is 0.608. The third kappa shape index (κ3) is 5.00. The van der Waals surface area contributed by atoms with Gasteiger partial charge in [-0.1, -0.05) is 13.8 Å². The minimum Gasteiger partial charge on any atom is -0.472 e. The summed E-state index contributed by atoms with van der Waals surface area (Å²) in [6.07, 6.45) is 3.47. The predicted octanol–water partition coefficient (Wildman–Crippen LogP) is 2.60. The number of rotatable bonds is 7. The van der Waals surface area contributed by atoms with E-state index in [2.05, 4.69) is 26.1 Å². The van der Waals surface area contributed by atoms with Crippen LogP contribution in [0.3, 0.4) is 0 Å². The Morgan fingerprint density at radius 1 is 1.40 bits per heavy atom. The second-order valence-electron chi connectivity index (χ2n) is 4.20. The fourth-order valence-corrected chi connectivity index (χ4v) is 1.31. The molecule has 0 fully saturated rings. The molecule has 0 saturated heterocycles. The van der Waals surface area contributed by atoms with Crippen molar-refractivity contribution in [3.05, 3.63) is 24.2 Å². The van der Waals surface area contributed by atoms with Gasteiger partial charge >= 0.3 is 0 Å². The smallest absolute Gasteiger partial charge is 0.0950 e. The standard InChI is InChI=1S/C12H21NO2/c1-10(2)8-15-7-5-13-11(3)12-4-6-14-9-12/h4,6,9-11,13H,5,7-8H2,1-3H3. The van der Waals surface area contributed by atoms with E-state index in [0.29, 0.717) is 12.0 Å². The Hall–Kier alpha value is -0.800. The largest absolute Gasteiger partial charge is 0.472 e. The molecule has 3 nitrogen and oxygen atoms in total. The second kappa shape index (κ2) is 6.64. The number of furan rings is 1. The Bertz CT molecular complexity index is 244. The first-order valence-corrected chi connectivity index (χ1v) is 5.53. The maximum atomic E-state index is 5.48. The van der Waals surface area contributed by atoms with Crippen LogP contribution in [0.15, 0.2) is 23.0 Å². The summed E-state index contributed by atoms with van der Waals surface area (Å²) in [4.78, 5) is 0. The Morgan fingerprint density at radius 2 is 2.20 bits per heavy atom. The van der Waals surface area contributed by atoms with Gasteiger partial charge in [0.25, 0.3) is 0 Å². The molecule has 1 unspecified atom stereocenters. The van der Waals surface area contributed by atoms with E-state index in [0.717, 1.165) is 19.8 Å². The van der Waals surface area contributed by atoms with Crippen LogP contribution in [0.5, 0.6) is 0 Å². The van der Waals surface area contributed by atoms with Gasteiger partial charge in [0.15, 0.2) is 0 Å². The van der Waals surface area contributed by atoms with Crippen molar-refractivity contribution in [2.24, 2.45) is 5.92 Å². The maximum absolute atomic E-state index is 5.48. The van der Waals surface area contributed by atoms with Crippen LogP contribution in [-0.4, -0.2) is 19.8 Å². The molecule has 1 atom stereocenters. The molecule has 1 heterocycles. The van der Waals surface area contributed by atoms with Gasteiger partial charge in [-0.25, -0.2) is 0 Å². The summed E-state index contributed by atoms with van der Waals surface area (Å²) < 4.78 is 10.5. The van der Waals surface area contributed by atoms with Crippen LogP contribution in [0.2, 0.25) is 0 Å². The molecule has 15 heavy (non-hydrogen) atoms. The quantitative estimate of drug-likeness (QED) is 0.704. The van der Waals surface area contributed by atoms with Crippen molar-refractivity contribution in [1.29, 1.82) is 0 Å². The van der Waals surface area contributed by atoms with Gasteiger partial charge in [-0.15, -0.1) is 0 Å². The molecule has 1 N–H and O–H groups in total. The molecule has 0 radical (unpaired) electrons. The van der Waals surface area contributed by atoms with Gasteiger partial charge in [0.05, 0.1) is 19.1 Å². The fraction of sp³-hybridized carbons (Fsp3) is 0.667. The molecule has 86 valence electrons. The number of nitrogens with one attached hydrogen (secondary N) is 1. The monoisotopic (exact) mass is 211 g/mol. The Balaban J connectivity index is 2.05. The molecule has 1 aromatic rings. The summed E-state index contributed by atoms with van der Waals surface area (Å²) in [6.45, 7) is 8.90. The van der Waals surface area contributed by atoms with E-state index < -0.39 is 0 Å². The molecule has 1 rings (SSSR count). The Kier molecular flexibility index (Phi) is 5.43. The fourth-order valence-electron chi connectivity index (χ4n) is 1.31. The van der Waals surface area contributed by atoms with Crippen LogP contribution >= 0.6 is 0 Å². The molecule has 3 heteroatoms. The van der Waals surface area contributed by atoms with Gasteiger partial charge in [0.2, 0.25) is 0 Å².